The third-order valence-electron chi connectivity index (χ3n) is 23.4. The van der Waals surface area contributed by atoms with Crippen LogP contribution in [0, 0.1) is 16.2 Å². The zero-order valence-electron chi connectivity index (χ0n) is 75.0. The van der Waals surface area contributed by atoms with Gasteiger partial charge in [0.25, 0.3) is 6.71 Å². The molecule has 0 amide bonds. The predicted molar refractivity (Wildman–Crippen MR) is 495 cm³/mol. The highest BCUT2D eigenvalue weighted by Gasteiger charge is 2.47. The quantitative estimate of drug-likeness (QED) is 0.120. The van der Waals surface area contributed by atoms with Crippen molar-refractivity contribution in [3.8, 4) is 55.9 Å². The molecule has 0 N–H and O–H groups in total. The summed E-state index contributed by atoms with van der Waals surface area (Å²) >= 11 is 0. The predicted octanol–water partition coefficient (Wildman–Crippen LogP) is 28.6. The van der Waals surface area contributed by atoms with Gasteiger partial charge in [-0.05, 0) is 244 Å². The molecule has 5 heteroatoms. The molecule has 4 heterocycles. The summed E-state index contributed by atoms with van der Waals surface area (Å²) < 4.78 is 46.4. The molecule has 15 aromatic rings. The van der Waals surface area contributed by atoms with Crippen molar-refractivity contribution in [2.24, 2.45) is 16.2 Å². The Morgan fingerprint density at radius 2 is 0.553 bits per heavy atom. The van der Waals surface area contributed by atoms with E-state index in [4.69, 9.17) is 0 Å². The summed E-state index contributed by atoms with van der Waals surface area (Å²) in [5, 5.41) is 4.85. The Kier molecular flexibility index (Phi) is 17.1. The molecular formula is C109H113BN4. The zero-order valence-corrected chi connectivity index (χ0v) is 71.0. The molecule has 2 aromatic heterocycles. The molecule has 0 radical (unpaired) electrons. The van der Waals surface area contributed by atoms with Crippen LogP contribution >= 0.6 is 0 Å². The van der Waals surface area contributed by atoms with Gasteiger partial charge in [-0.2, -0.15) is 0 Å². The maximum atomic E-state index is 10.4. The van der Waals surface area contributed by atoms with E-state index in [1.807, 2.05) is 41.5 Å². The second-order valence-corrected chi connectivity index (χ2v) is 40.0. The fraction of sp³-hybridized carbons (Fsp3) is 0.284. The van der Waals surface area contributed by atoms with E-state index in [1.54, 1.807) is 0 Å². The van der Waals surface area contributed by atoms with Crippen molar-refractivity contribution in [3.63, 3.8) is 0 Å². The SMILES string of the molecule is [2H]C([2H])(c1cc(-c2ccccc2)c(N2c3cc(-n4c5ccc(C(C)(C)C)cc5c5cc(C(C)(C)C)ccc54)ccc3B3c4ccc(-n5c6ccc(C(C)(C)C)cc6c6cc(C(C)(C)C)ccc65)cc4N(c4c(-c5ccccc5)cc(C([2H])([2H])C(C)(C)C)cc4-c4ccccc4)c4cc(CC(C)(C)C)cc2c43)c(-c2ccccc2)c1)C(C)(C)C. The Balaban J connectivity index is 1.08. The Hall–Kier alpha value is -10.9. The Bertz CT molecular complexity index is 5850. The summed E-state index contributed by atoms with van der Waals surface area (Å²) in [6, 6.07) is 99.9. The first kappa shape index (κ1) is 70.9. The highest BCUT2D eigenvalue weighted by molar-refractivity contribution is 7.00. The Morgan fingerprint density at radius 3 is 0.807 bits per heavy atom. The fourth-order valence-electron chi connectivity index (χ4n) is 18.1. The van der Waals surface area contributed by atoms with Crippen molar-refractivity contribution in [1.29, 1.82) is 0 Å². The van der Waals surface area contributed by atoms with Crippen molar-refractivity contribution >= 4 is 101 Å². The summed E-state index contributed by atoms with van der Waals surface area (Å²) in [4.78, 5) is 5.24. The fourth-order valence-corrected chi connectivity index (χ4v) is 18.1. The summed E-state index contributed by atoms with van der Waals surface area (Å²) in [5.74, 6) is 0. The van der Waals surface area contributed by atoms with Crippen LogP contribution in [0.25, 0.3) is 99.5 Å². The summed E-state index contributed by atoms with van der Waals surface area (Å²) in [6.45, 7) is 46.5. The van der Waals surface area contributed by atoms with Gasteiger partial charge >= 0.3 is 0 Å². The second-order valence-electron chi connectivity index (χ2n) is 40.0. The van der Waals surface area contributed by atoms with Gasteiger partial charge < -0.3 is 18.9 Å². The molecule has 2 aliphatic rings. The van der Waals surface area contributed by atoms with Crippen molar-refractivity contribution in [2.75, 3.05) is 9.80 Å². The van der Waals surface area contributed by atoms with Crippen LogP contribution in [0.15, 0.2) is 267 Å². The van der Waals surface area contributed by atoms with Crippen LogP contribution in [0.3, 0.4) is 0 Å². The highest BCUT2D eigenvalue weighted by Crippen LogP contribution is 2.56. The maximum Gasteiger partial charge on any atom is 0.252 e. The summed E-state index contributed by atoms with van der Waals surface area (Å²) in [5.41, 5.74) is 28.6. The average Bonchev–Trinajstić information content (AvgIpc) is 0.829. The van der Waals surface area contributed by atoms with Crippen molar-refractivity contribution < 1.29 is 5.48 Å². The van der Waals surface area contributed by atoms with E-state index in [1.165, 1.54) is 43.8 Å². The molecule has 114 heavy (non-hydrogen) atoms. The van der Waals surface area contributed by atoms with Gasteiger partial charge in [0, 0.05) is 83.4 Å². The number of fused-ring (bicyclic) bond motifs is 10. The molecule has 0 saturated heterocycles. The van der Waals surface area contributed by atoms with Gasteiger partial charge in [-0.25, -0.2) is 0 Å². The molecule has 0 unspecified atom stereocenters. The van der Waals surface area contributed by atoms with E-state index in [0.717, 1.165) is 134 Å². The van der Waals surface area contributed by atoms with Crippen LogP contribution in [-0.2, 0) is 40.8 Å². The first-order chi connectivity index (χ1) is 55.5. The lowest BCUT2D eigenvalue weighted by Crippen LogP contribution is -2.61. The van der Waals surface area contributed by atoms with E-state index < -0.39 is 23.6 Å². The molecule has 0 fully saturated rings. The number of rotatable bonds is 11. The molecule has 0 atom stereocenters. The van der Waals surface area contributed by atoms with Crippen molar-refractivity contribution in [2.45, 2.75) is 186 Å². The molecular weight excluding hydrogens is 1380 g/mol. The van der Waals surface area contributed by atoms with E-state index in [2.05, 4.69) is 390 Å². The third-order valence-corrected chi connectivity index (χ3v) is 23.4. The molecule has 0 aliphatic carbocycles. The van der Waals surface area contributed by atoms with Gasteiger partial charge in [0.15, 0.2) is 0 Å². The van der Waals surface area contributed by atoms with E-state index >= 15 is 0 Å². The van der Waals surface area contributed by atoms with Gasteiger partial charge in [0.05, 0.1) is 33.4 Å². The zero-order chi connectivity index (χ0) is 83.8. The molecule has 17 rings (SSSR count). The first-order valence-electron chi connectivity index (χ1n) is 43.3. The average molecular weight is 1490 g/mol. The third kappa shape index (κ3) is 13.9. The van der Waals surface area contributed by atoms with E-state index in [9.17, 15) is 5.48 Å². The number of anilines is 6. The molecule has 0 saturated carbocycles. The van der Waals surface area contributed by atoms with Gasteiger partial charge in [-0.1, -0.05) is 303 Å². The van der Waals surface area contributed by atoms with E-state index in [0.29, 0.717) is 17.5 Å². The van der Waals surface area contributed by atoms with Crippen LogP contribution in [-0.4, -0.2) is 15.8 Å². The number of hydrogen-bond acceptors (Lipinski definition) is 2. The molecule has 13 aromatic carbocycles. The van der Waals surface area contributed by atoms with Crippen LogP contribution in [0.2, 0.25) is 0 Å². The lowest BCUT2D eigenvalue weighted by atomic mass is 9.33. The van der Waals surface area contributed by atoms with Gasteiger partial charge in [0.2, 0.25) is 0 Å². The van der Waals surface area contributed by atoms with Crippen LogP contribution < -0.4 is 26.2 Å². The molecule has 572 valence electrons. The topological polar surface area (TPSA) is 16.3 Å². The standard InChI is InChI=1S/C109H113BN4/c1-103(2,3)66-69-54-82(72-34-26-22-27-35-72)101(83(55-69)73-36-28-23-29-37-73)113-96-64-80(111-92-50-42-76(106(10,11)12)60-86(92)87-61-77(107(13,14)15)43-51-93(87)111)46-48-90(96)110-91-49-47-81(112-94-52-44-78(108(16,17)18)62-88(94)89-63-79(109(19,20)21)45-53-95(89)112)65-97(91)114(99-59-71(68-105(7,8)9)58-98(113)100(99)110)102-84(74-38-30-24-31-39-74)56-70(67-104(4,5)6)57-85(102)75-40-32-25-33-41-75/h22-65H,66-68H2,1-21H3/i66D2,67D2. The monoisotopic (exact) mass is 1490 g/mol. The summed E-state index contributed by atoms with van der Waals surface area (Å²) in [7, 11) is 0. The number of benzene rings is 13. The Labute approximate surface area is 685 Å². The van der Waals surface area contributed by atoms with Gasteiger partial charge in [-0.15, -0.1) is 0 Å². The number of hydrogen-bond donors (Lipinski definition) is 0. The van der Waals surface area contributed by atoms with E-state index in [-0.39, 0.29) is 33.8 Å². The normalized spacial score (nSPS) is 14.3. The van der Waals surface area contributed by atoms with Crippen molar-refractivity contribution in [1.82, 2.24) is 9.13 Å². The van der Waals surface area contributed by atoms with Gasteiger partial charge in [0.1, 0.15) is 0 Å². The minimum absolute atomic E-state index is 0.107. The largest absolute Gasteiger partial charge is 0.310 e. The van der Waals surface area contributed by atoms with Crippen LogP contribution in [0.1, 0.15) is 190 Å². The smallest absolute Gasteiger partial charge is 0.252 e. The molecule has 0 spiro atoms. The van der Waals surface area contributed by atoms with Crippen LogP contribution in [0.4, 0.5) is 34.1 Å². The Morgan fingerprint density at radius 1 is 0.272 bits per heavy atom. The lowest BCUT2D eigenvalue weighted by molar-refractivity contribution is 0.411. The first-order valence-corrected chi connectivity index (χ1v) is 41.3. The molecule has 2 aliphatic heterocycles. The van der Waals surface area contributed by atoms with Crippen molar-refractivity contribution in [3.05, 3.63) is 306 Å². The van der Waals surface area contributed by atoms with Gasteiger partial charge in [-0.3, -0.25) is 0 Å². The maximum absolute atomic E-state index is 10.4. The summed E-state index contributed by atoms with van der Waals surface area (Å²) in [6.07, 6.45) is -2.87. The number of aromatic nitrogens is 2. The van der Waals surface area contributed by atoms with Crippen LogP contribution in [0.5, 0.6) is 0 Å². The second kappa shape index (κ2) is 27.4. The number of nitrogens with zero attached hydrogens (tertiary/aromatic N) is 4. The molecule has 0 bridgehead atoms. The minimum Gasteiger partial charge on any atom is -0.310 e. The lowest BCUT2D eigenvalue weighted by Gasteiger charge is -2.46. The minimum atomic E-state index is -1.79. The molecule has 4 nitrogen and oxygen atoms in total. The highest BCUT2D eigenvalue weighted by atomic mass is 15.2.